The summed E-state index contributed by atoms with van der Waals surface area (Å²) in [7, 11) is 1.88. The summed E-state index contributed by atoms with van der Waals surface area (Å²) in [4.78, 5) is 0. The summed E-state index contributed by atoms with van der Waals surface area (Å²) in [6.07, 6.45) is 5.73. The molecule has 1 heterocycles. The standard InChI is InChI=1S/C11H18N2O/c1-4-6-7-11(14)9-8-13(3)12-10(9)5-2/h4,8,11,14H,1,5-7H2,2-3H3. The molecule has 1 atom stereocenters. The first kappa shape index (κ1) is 11.0. The van der Waals surface area contributed by atoms with Crippen molar-refractivity contribution in [2.45, 2.75) is 32.3 Å². The zero-order chi connectivity index (χ0) is 10.6. The molecule has 3 nitrogen and oxygen atoms in total. The Kier molecular flexibility index (Phi) is 3.89. The third-order valence-corrected chi connectivity index (χ3v) is 2.28. The van der Waals surface area contributed by atoms with Crippen LogP contribution in [-0.4, -0.2) is 14.9 Å². The highest BCUT2D eigenvalue weighted by Crippen LogP contribution is 2.21. The lowest BCUT2D eigenvalue weighted by molar-refractivity contribution is 0.167. The van der Waals surface area contributed by atoms with Crippen molar-refractivity contribution >= 4 is 0 Å². The SMILES string of the molecule is C=CCCC(O)c1cn(C)nc1CC. The second-order valence-electron chi connectivity index (χ2n) is 3.44. The fraction of sp³-hybridized carbons (Fsp3) is 0.545. The van der Waals surface area contributed by atoms with Crippen LogP contribution >= 0.6 is 0 Å². The van der Waals surface area contributed by atoms with E-state index in [-0.39, 0.29) is 0 Å². The second-order valence-corrected chi connectivity index (χ2v) is 3.44. The first-order valence-corrected chi connectivity index (χ1v) is 5.00. The molecule has 14 heavy (non-hydrogen) atoms. The minimum Gasteiger partial charge on any atom is -0.388 e. The zero-order valence-corrected chi connectivity index (χ0v) is 8.90. The van der Waals surface area contributed by atoms with Crippen LogP contribution in [0, 0.1) is 0 Å². The molecular weight excluding hydrogens is 176 g/mol. The number of aryl methyl sites for hydroxylation is 2. The summed E-state index contributed by atoms with van der Waals surface area (Å²) in [5.74, 6) is 0. The first-order valence-electron chi connectivity index (χ1n) is 5.00. The Morgan fingerprint density at radius 1 is 1.71 bits per heavy atom. The molecule has 1 unspecified atom stereocenters. The Balaban J connectivity index is 2.76. The molecule has 1 aromatic rings. The fourth-order valence-corrected chi connectivity index (χ4v) is 1.54. The van der Waals surface area contributed by atoms with Crippen molar-refractivity contribution in [1.82, 2.24) is 9.78 Å². The minimum absolute atomic E-state index is 0.406. The van der Waals surface area contributed by atoms with Crippen LogP contribution in [0.3, 0.4) is 0 Å². The molecule has 0 saturated heterocycles. The van der Waals surface area contributed by atoms with Crippen LogP contribution in [0.4, 0.5) is 0 Å². The molecule has 0 aliphatic carbocycles. The van der Waals surface area contributed by atoms with E-state index in [0.29, 0.717) is 0 Å². The quantitative estimate of drug-likeness (QED) is 0.728. The summed E-state index contributed by atoms with van der Waals surface area (Å²) in [5.41, 5.74) is 1.95. The van der Waals surface area contributed by atoms with Gasteiger partial charge >= 0.3 is 0 Å². The van der Waals surface area contributed by atoms with Gasteiger partial charge < -0.3 is 5.11 Å². The number of hydrogen-bond acceptors (Lipinski definition) is 2. The normalized spacial score (nSPS) is 12.8. The Morgan fingerprint density at radius 3 is 3.00 bits per heavy atom. The zero-order valence-electron chi connectivity index (χ0n) is 8.90. The monoisotopic (exact) mass is 194 g/mol. The maximum atomic E-state index is 9.88. The molecule has 0 amide bonds. The van der Waals surface area contributed by atoms with Crippen molar-refractivity contribution in [1.29, 1.82) is 0 Å². The van der Waals surface area contributed by atoms with E-state index in [2.05, 4.69) is 11.7 Å². The van der Waals surface area contributed by atoms with Gasteiger partial charge in [-0.25, -0.2) is 0 Å². The summed E-state index contributed by atoms with van der Waals surface area (Å²) in [6, 6.07) is 0. The summed E-state index contributed by atoms with van der Waals surface area (Å²) in [6.45, 7) is 5.69. The highest BCUT2D eigenvalue weighted by Gasteiger charge is 2.13. The van der Waals surface area contributed by atoms with Crippen molar-refractivity contribution in [2.24, 2.45) is 7.05 Å². The van der Waals surface area contributed by atoms with Crippen molar-refractivity contribution in [3.8, 4) is 0 Å². The Bertz CT molecular complexity index is 304. The molecule has 0 aliphatic heterocycles. The van der Waals surface area contributed by atoms with Gasteiger partial charge in [-0.1, -0.05) is 13.0 Å². The van der Waals surface area contributed by atoms with Gasteiger partial charge in [0.25, 0.3) is 0 Å². The lowest BCUT2D eigenvalue weighted by Crippen LogP contribution is -1.99. The number of aliphatic hydroxyl groups excluding tert-OH is 1. The summed E-state index contributed by atoms with van der Waals surface area (Å²) < 4.78 is 1.76. The van der Waals surface area contributed by atoms with Gasteiger partial charge in [-0.15, -0.1) is 6.58 Å². The highest BCUT2D eigenvalue weighted by atomic mass is 16.3. The van der Waals surface area contributed by atoms with Crippen molar-refractivity contribution in [3.05, 3.63) is 30.1 Å². The van der Waals surface area contributed by atoms with Gasteiger partial charge in [0.1, 0.15) is 0 Å². The van der Waals surface area contributed by atoms with E-state index < -0.39 is 6.10 Å². The molecule has 0 bridgehead atoms. The molecule has 0 aromatic carbocycles. The van der Waals surface area contributed by atoms with Crippen LogP contribution in [0.15, 0.2) is 18.9 Å². The van der Waals surface area contributed by atoms with Gasteiger partial charge in [-0.3, -0.25) is 4.68 Å². The van der Waals surface area contributed by atoms with Gasteiger partial charge in [0.2, 0.25) is 0 Å². The number of allylic oxidation sites excluding steroid dienone is 1. The molecule has 1 rings (SSSR count). The molecule has 3 heteroatoms. The first-order chi connectivity index (χ1) is 6.69. The third-order valence-electron chi connectivity index (χ3n) is 2.28. The van der Waals surface area contributed by atoms with Crippen LogP contribution in [0.2, 0.25) is 0 Å². The van der Waals surface area contributed by atoms with Crippen molar-refractivity contribution in [3.63, 3.8) is 0 Å². The molecular formula is C11H18N2O. The third kappa shape index (κ3) is 2.45. The number of rotatable bonds is 5. The largest absolute Gasteiger partial charge is 0.388 e. The molecule has 0 aliphatic rings. The fourth-order valence-electron chi connectivity index (χ4n) is 1.54. The van der Waals surface area contributed by atoms with Crippen LogP contribution in [-0.2, 0) is 13.5 Å². The average Bonchev–Trinajstić information content (AvgIpc) is 2.56. The van der Waals surface area contributed by atoms with Gasteiger partial charge in [0, 0.05) is 18.8 Å². The maximum absolute atomic E-state index is 9.88. The number of nitrogens with zero attached hydrogens (tertiary/aromatic N) is 2. The van der Waals surface area contributed by atoms with Crippen LogP contribution in [0.5, 0.6) is 0 Å². The molecule has 78 valence electrons. The van der Waals surface area contributed by atoms with E-state index >= 15 is 0 Å². The lowest BCUT2D eigenvalue weighted by Gasteiger charge is -2.07. The van der Waals surface area contributed by atoms with Gasteiger partial charge in [0.15, 0.2) is 0 Å². The molecule has 0 radical (unpaired) electrons. The molecule has 1 aromatic heterocycles. The van der Waals surface area contributed by atoms with E-state index in [1.807, 2.05) is 26.2 Å². The number of aromatic nitrogens is 2. The van der Waals surface area contributed by atoms with Gasteiger partial charge in [0.05, 0.1) is 11.8 Å². The van der Waals surface area contributed by atoms with E-state index in [1.54, 1.807) is 4.68 Å². The number of hydrogen-bond donors (Lipinski definition) is 1. The highest BCUT2D eigenvalue weighted by molar-refractivity contribution is 5.19. The van der Waals surface area contributed by atoms with Gasteiger partial charge in [-0.05, 0) is 19.3 Å². The molecule has 0 spiro atoms. The lowest BCUT2D eigenvalue weighted by atomic mass is 10.0. The summed E-state index contributed by atoms with van der Waals surface area (Å²) in [5, 5.41) is 14.2. The summed E-state index contributed by atoms with van der Waals surface area (Å²) >= 11 is 0. The van der Waals surface area contributed by atoms with E-state index in [9.17, 15) is 5.11 Å². The molecule has 1 N–H and O–H groups in total. The van der Waals surface area contributed by atoms with E-state index in [0.717, 1.165) is 30.5 Å². The Hall–Kier alpha value is -1.09. The predicted molar refractivity (Wildman–Crippen MR) is 57.0 cm³/mol. The van der Waals surface area contributed by atoms with Crippen molar-refractivity contribution < 1.29 is 5.11 Å². The van der Waals surface area contributed by atoms with E-state index in [4.69, 9.17) is 0 Å². The minimum atomic E-state index is -0.406. The predicted octanol–water partition coefficient (Wildman–Crippen LogP) is 1.98. The van der Waals surface area contributed by atoms with E-state index in [1.165, 1.54) is 0 Å². The Morgan fingerprint density at radius 2 is 2.43 bits per heavy atom. The number of aliphatic hydroxyl groups is 1. The molecule has 0 fully saturated rings. The Labute approximate surface area is 85.1 Å². The van der Waals surface area contributed by atoms with Crippen molar-refractivity contribution in [2.75, 3.05) is 0 Å². The van der Waals surface area contributed by atoms with Crippen LogP contribution in [0.25, 0.3) is 0 Å². The average molecular weight is 194 g/mol. The second kappa shape index (κ2) is 4.96. The van der Waals surface area contributed by atoms with Gasteiger partial charge in [-0.2, -0.15) is 5.10 Å². The van der Waals surface area contributed by atoms with Crippen LogP contribution < -0.4 is 0 Å². The smallest absolute Gasteiger partial charge is 0.0826 e. The topological polar surface area (TPSA) is 38.0 Å². The molecule has 0 saturated carbocycles. The maximum Gasteiger partial charge on any atom is 0.0826 e. The van der Waals surface area contributed by atoms with Crippen LogP contribution in [0.1, 0.15) is 37.1 Å².